The molecule has 0 radical (unpaired) electrons. The summed E-state index contributed by atoms with van der Waals surface area (Å²) in [5, 5.41) is 0. The summed E-state index contributed by atoms with van der Waals surface area (Å²) >= 11 is 0. The van der Waals surface area contributed by atoms with Gasteiger partial charge in [0.25, 0.3) is 0 Å². The molecule has 0 aromatic rings. The maximum absolute atomic E-state index is 10.5. The average Bonchev–Trinajstić information content (AvgIpc) is 2.76. The lowest BCUT2D eigenvalue weighted by atomic mass is 9.95. The first-order chi connectivity index (χ1) is 5.82. The average molecular weight is 170 g/mol. The molecular formula is C9H14O3. The Hall–Kier alpha value is -0.410. The quantitative estimate of drug-likeness (QED) is 0.583. The van der Waals surface area contributed by atoms with E-state index < -0.39 is 0 Å². The lowest BCUT2D eigenvalue weighted by Crippen LogP contribution is -2.35. The minimum absolute atomic E-state index is 0.133. The molecule has 0 amide bonds. The van der Waals surface area contributed by atoms with Crippen LogP contribution in [0.4, 0.5) is 0 Å². The fourth-order valence-corrected chi connectivity index (χ4v) is 2.14. The standard InChI is InChI=1S/C9H14O3/c1-11-9(2-3-12-6-9)8-4-7(8)5-10/h5,7-8H,2-4,6H2,1H3/t7-,8+,9-/m1/s1. The van der Waals surface area contributed by atoms with Gasteiger partial charge in [0.1, 0.15) is 6.29 Å². The van der Waals surface area contributed by atoms with E-state index in [0.29, 0.717) is 12.5 Å². The number of carbonyl (C=O) groups is 1. The van der Waals surface area contributed by atoms with Crippen molar-refractivity contribution in [1.82, 2.24) is 0 Å². The maximum Gasteiger partial charge on any atom is 0.123 e. The molecule has 68 valence electrons. The van der Waals surface area contributed by atoms with E-state index in [9.17, 15) is 4.79 Å². The zero-order valence-corrected chi connectivity index (χ0v) is 7.29. The fourth-order valence-electron chi connectivity index (χ4n) is 2.14. The molecule has 2 aliphatic rings. The van der Waals surface area contributed by atoms with Crippen LogP contribution in [-0.4, -0.2) is 32.2 Å². The predicted octanol–water partition coefficient (Wildman–Crippen LogP) is 0.627. The first-order valence-corrected chi connectivity index (χ1v) is 4.40. The van der Waals surface area contributed by atoms with Crippen LogP contribution in [0.15, 0.2) is 0 Å². The molecule has 0 aromatic heterocycles. The summed E-state index contributed by atoms with van der Waals surface area (Å²) in [7, 11) is 1.72. The Labute approximate surface area is 72.0 Å². The van der Waals surface area contributed by atoms with Gasteiger partial charge in [0.2, 0.25) is 0 Å². The van der Waals surface area contributed by atoms with Crippen molar-refractivity contribution in [2.45, 2.75) is 18.4 Å². The molecule has 3 heteroatoms. The molecule has 1 heterocycles. The Balaban J connectivity index is 2.03. The lowest BCUT2D eigenvalue weighted by Gasteiger charge is -2.25. The molecule has 3 atom stereocenters. The molecule has 0 aromatic carbocycles. The minimum Gasteiger partial charge on any atom is -0.378 e. The van der Waals surface area contributed by atoms with Crippen LogP contribution in [0.2, 0.25) is 0 Å². The van der Waals surface area contributed by atoms with Crippen molar-refractivity contribution in [3.8, 4) is 0 Å². The summed E-state index contributed by atoms with van der Waals surface area (Å²) in [5.41, 5.74) is -0.133. The van der Waals surface area contributed by atoms with E-state index in [1.54, 1.807) is 7.11 Å². The van der Waals surface area contributed by atoms with E-state index in [0.717, 1.165) is 25.7 Å². The van der Waals surface area contributed by atoms with Gasteiger partial charge in [0.05, 0.1) is 12.2 Å². The minimum atomic E-state index is -0.133. The van der Waals surface area contributed by atoms with Gasteiger partial charge in [-0.3, -0.25) is 0 Å². The Morgan fingerprint density at radius 2 is 2.50 bits per heavy atom. The van der Waals surface area contributed by atoms with Crippen LogP contribution in [0.3, 0.4) is 0 Å². The van der Waals surface area contributed by atoms with Gasteiger partial charge < -0.3 is 14.3 Å². The summed E-state index contributed by atoms with van der Waals surface area (Å²) in [5.74, 6) is 0.647. The SMILES string of the molecule is CO[C@]1([C@H]2C[C@@H]2C=O)CCOC1. The summed E-state index contributed by atoms with van der Waals surface area (Å²) in [6.07, 6.45) is 2.98. The summed E-state index contributed by atoms with van der Waals surface area (Å²) in [6, 6.07) is 0. The second-order valence-electron chi connectivity index (χ2n) is 3.71. The number of hydrogen-bond acceptors (Lipinski definition) is 3. The Kier molecular flexibility index (Phi) is 1.93. The van der Waals surface area contributed by atoms with Gasteiger partial charge in [0, 0.05) is 32.0 Å². The molecule has 2 rings (SSSR count). The van der Waals surface area contributed by atoms with Crippen molar-refractivity contribution in [1.29, 1.82) is 0 Å². The Bertz CT molecular complexity index is 184. The smallest absolute Gasteiger partial charge is 0.123 e. The van der Waals surface area contributed by atoms with Crippen molar-refractivity contribution in [2.75, 3.05) is 20.3 Å². The summed E-state index contributed by atoms with van der Waals surface area (Å²) in [4.78, 5) is 10.5. The van der Waals surface area contributed by atoms with E-state index in [1.807, 2.05) is 0 Å². The number of hydrogen-bond donors (Lipinski definition) is 0. The molecule has 2 fully saturated rings. The zero-order valence-electron chi connectivity index (χ0n) is 7.29. The van der Waals surface area contributed by atoms with E-state index in [2.05, 4.69) is 0 Å². The largest absolute Gasteiger partial charge is 0.378 e. The van der Waals surface area contributed by atoms with Gasteiger partial charge in [-0.25, -0.2) is 0 Å². The van der Waals surface area contributed by atoms with Gasteiger partial charge in [-0.15, -0.1) is 0 Å². The van der Waals surface area contributed by atoms with Crippen LogP contribution in [0.5, 0.6) is 0 Å². The molecule has 1 saturated carbocycles. The van der Waals surface area contributed by atoms with E-state index in [4.69, 9.17) is 9.47 Å². The molecule has 0 N–H and O–H groups in total. The Morgan fingerprint density at radius 1 is 1.67 bits per heavy atom. The number of aldehydes is 1. The van der Waals surface area contributed by atoms with Crippen molar-refractivity contribution in [3.63, 3.8) is 0 Å². The van der Waals surface area contributed by atoms with Gasteiger partial charge in [0.15, 0.2) is 0 Å². The summed E-state index contributed by atoms with van der Waals surface area (Å²) < 4.78 is 10.8. The molecule has 0 bridgehead atoms. The highest BCUT2D eigenvalue weighted by Crippen LogP contribution is 2.49. The third-order valence-corrected chi connectivity index (χ3v) is 3.11. The van der Waals surface area contributed by atoms with Gasteiger partial charge in [-0.1, -0.05) is 0 Å². The van der Waals surface area contributed by atoms with Crippen LogP contribution < -0.4 is 0 Å². The topological polar surface area (TPSA) is 35.5 Å². The normalized spacial score (nSPS) is 46.1. The molecule has 1 aliphatic heterocycles. The van der Waals surface area contributed by atoms with E-state index in [-0.39, 0.29) is 11.5 Å². The fraction of sp³-hybridized carbons (Fsp3) is 0.889. The van der Waals surface area contributed by atoms with Crippen molar-refractivity contribution >= 4 is 6.29 Å². The van der Waals surface area contributed by atoms with Crippen molar-refractivity contribution in [2.24, 2.45) is 11.8 Å². The Morgan fingerprint density at radius 3 is 2.92 bits per heavy atom. The van der Waals surface area contributed by atoms with Gasteiger partial charge >= 0.3 is 0 Å². The molecule has 0 unspecified atom stereocenters. The monoisotopic (exact) mass is 170 g/mol. The molecular weight excluding hydrogens is 156 g/mol. The van der Waals surface area contributed by atoms with Crippen LogP contribution in [0.25, 0.3) is 0 Å². The highest BCUT2D eigenvalue weighted by molar-refractivity contribution is 5.59. The predicted molar refractivity (Wildman–Crippen MR) is 42.8 cm³/mol. The zero-order chi connectivity index (χ0) is 8.60. The molecule has 1 saturated heterocycles. The van der Waals surface area contributed by atoms with Gasteiger partial charge in [-0.2, -0.15) is 0 Å². The van der Waals surface area contributed by atoms with Crippen molar-refractivity contribution in [3.05, 3.63) is 0 Å². The third-order valence-electron chi connectivity index (χ3n) is 3.11. The highest BCUT2D eigenvalue weighted by atomic mass is 16.5. The number of ether oxygens (including phenoxy) is 2. The first-order valence-electron chi connectivity index (χ1n) is 4.40. The lowest BCUT2D eigenvalue weighted by molar-refractivity contribution is -0.110. The first kappa shape index (κ1) is 8.20. The highest BCUT2D eigenvalue weighted by Gasteiger charge is 2.54. The van der Waals surface area contributed by atoms with E-state index >= 15 is 0 Å². The molecule has 0 spiro atoms. The second kappa shape index (κ2) is 2.82. The van der Waals surface area contributed by atoms with Crippen molar-refractivity contribution < 1.29 is 14.3 Å². The van der Waals surface area contributed by atoms with Crippen LogP contribution in [0, 0.1) is 11.8 Å². The van der Waals surface area contributed by atoms with E-state index in [1.165, 1.54) is 0 Å². The van der Waals surface area contributed by atoms with Crippen LogP contribution in [-0.2, 0) is 14.3 Å². The number of methoxy groups -OCH3 is 1. The number of carbonyl (C=O) groups excluding carboxylic acids is 1. The molecule has 3 nitrogen and oxygen atoms in total. The van der Waals surface area contributed by atoms with Crippen LogP contribution >= 0.6 is 0 Å². The third kappa shape index (κ3) is 1.08. The number of rotatable bonds is 3. The molecule has 1 aliphatic carbocycles. The molecule has 12 heavy (non-hydrogen) atoms. The second-order valence-corrected chi connectivity index (χ2v) is 3.71. The summed E-state index contributed by atoms with van der Waals surface area (Å²) in [6.45, 7) is 1.44. The van der Waals surface area contributed by atoms with Gasteiger partial charge in [-0.05, 0) is 6.42 Å². The van der Waals surface area contributed by atoms with Crippen LogP contribution in [0.1, 0.15) is 12.8 Å². The maximum atomic E-state index is 10.5.